The molecule has 0 saturated carbocycles. The molecule has 3 nitrogen and oxygen atoms in total. The smallest absolute Gasteiger partial charge is 0.131 e. The van der Waals surface area contributed by atoms with Gasteiger partial charge in [-0.1, -0.05) is 200 Å². The molecule has 9 aromatic rings. The summed E-state index contributed by atoms with van der Waals surface area (Å²) in [7, 11) is 0. The Morgan fingerprint density at radius 2 is 1.18 bits per heavy atom. The molecule has 0 radical (unpaired) electrons. The van der Waals surface area contributed by atoms with E-state index in [9.17, 15) is 0 Å². The number of aliphatic imine (C=N–C) groups is 1. The number of hydrogen-bond donors (Lipinski definition) is 1. The molecule has 0 spiro atoms. The first-order valence-corrected chi connectivity index (χ1v) is 20.5. The van der Waals surface area contributed by atoms with Crippen molar-refractivity contribution in [1.82, 2.24) is 4.57 Å². The van der Waals surface area contributed by atoms with Crippen molar-refractivity contribution in [3.8, 4) is 16.8 Å². The minimum Gasteiger partial charge on any atom is -0.383 e. The molecule has 0 aliphatic rings. The van der Waals surface area contributed by atoms with Gasteiger partial charge >= 0.3 is 0 Å². The van der Waals surface area contributed by atoms with E-state index in [0.29, 0.717) is 5.84 Å². The van der Waals surface area contributed by atoms with E-state index in [1.165, 1.54) is 38.5 Å². The molecule has 60 heavy (non-hydrogen) atoms. The molecule has 2 N–H and O–H groups in total. The molecule has 288 valence electrons. The van der Waals surface area contributed by atoms with E-state index in [1.54, 1.807) is 0 Å². The predicted molar refractivity (Wildman–Crippen MR) is 257 cm³/mol. The summed E-state index contributed by atoms with van der Waals surface area (Å²) in [6.07, 6.45) is 13.8. The lowest BCUT2D eigenvalue weighted by Crippen LogP contribution is -2.13. The molecule has 9 rings (SSSR count). The van der Waals surface area contributed by atoms with Crippen LogP contribution >= 0.6 is 0 Å². The van der Waals surface area contributed by atoms with Crippen LogP contribution in [0.4, 0.5) is 0 Å². The molecular formula is C57H45N3. The third-order valence-electron chi connectivity index (χ3n) is 11.1. The van der Waals surface area contributed by atoms with Crippen molar-refractivity contribution in [2.45, 2.75) is 13.3 Å². The number of rotatable bonds is 11. The van der Waals surface area contributed by atoms with Crippen LogP contribution in [0.2, 0.25) is 0 Å². The average molecular weight is 772 g/mol. The van der Waals surface area contributed by atoms with Gasteiger partial charge in [-0.2, -0.15) is 0 Å². The van der Waals surface area contributed by atoms with E-state index in [4.69, 9.17) is 10.7 Å². The van der Waals surface area contributed by atoms with Crippen molar-refractivity contribution in [3.05, 3.63) is 252 Å². The van der Waals surface area contributed by atoms with Gasteiger partial charge in [0.05, 0.1) is 16.7 Å². The van der Waals surface area contributed by atoms with Crippen LogP contribution < -0.4 is 5.73 Å². The molecule has 0 saturated heterocycles. The SMILES string of the molecule is C\C=C/C(=C\C=C\c1ccc(/C(=C/Cc2ccccc2)N=C(N)c2ccc(-c3ccccc3)cc2)c2ccccc12)c1ccc2c(c1)c1ccccc1n2-c1ccccc1. The minimum atomic E-state index is 0.478. The maximum Gasteiger partial charge on any atom is 0.131 e. The summed E-state index contributed by atoms with van der Waals surface area (Å²) in [6.45, 7) is 2.07. The largest absolute Gasteiger partial charge is 0.383 e. The van der Waals surface area contributed by atoms with Gasteiger partial charge < -0.3 is 10.3 Å². The molecule has 0 fully saturated rings. The summed E-state index contributed by atoms with van der Waals surface area (Å²) >= 11 is 0. The van der Waals surface area contributed by atoms with Gasteiger partial charge in [0, 0.05) is 27.6 Å². The van der Waals surface area contributed by atoms with Gasteiger partial charge in [-0.15, -0.1) is 0 Å². The van der Waals surface area contributed by atoms with E-state index in [0.717, 1.165) is 56.4 Å². The first-order chi connectivity index (χ1) is 29.6. The van der Waals surface area contributed by atoms with Gasteiger partial charge in [-0.25, -0.2) is 4.99 Å². The lowest BCUT2D eigenvalue weighted by molar-refractivity contribution is 1.18. The number of fused-ring (bicyclic) bond motifs is 4. The van der Waals surface area contributed by atoms with Crippen molar-refractivity contribution < 1.29 is 0 Å². The fourth-order valence-corrected chi connectivity index (χ4v) is 8.08. The topological polar surface area (TPSA) is 43.3 Å². The first-order valence-electron chi connectivity index (χ1n) is 20.5. The Morgan fingerprint density at radius 3 is 1.93 bits per heavy atom. The molecule has 0 bridgehead atoms. The number of nitrogens with zero attached hydrogens (tertiary/aromatic N) is 2. The van der Waals surface area contributed by atoms with Gasteiger partial charge in [0.1, 0.15) is 5.84 Å². The fraction of sp³-hybridized carbons (Fsp3) is 0.0351. The third-order valence-corrected chi connectivity index (χ3v) is 11.1. The van der Waals surface area contributed by atoms with Crippen LogP contribution in [-0.2, 0) is 6.42 Å². The highest BCUT2D eigenvalue weighted by Crippen LogP contribution is 2.35. The fourth-order valence-electron chi connectivity index (χ4n) is 8.08. The van der Waals surface area contributed by atoms with Crippen LogP contribution in [-0.4, -0.2) is 10.4 Å². The Hall–Kier alpha value is -7.75. The number of aromatic nitrogens is 1. The Balaban J connectivity index is 1.07. The second-order valence-corrected chi connectivity index (χ2v) is 14.9. The standard InChI is InChI=1S/C57H45N3/c1-2-17-42(47-36-39-56-53(40-47)52-28-14-15-29-55(52)60(56)48-24-10-5-11-25-48)22-16-23-45-35-37-51(50-27-13-12-26-49(45)50)54(38-30-41-18-6-3-7-19-41)59-57(58)46-33-31-44(32-34-46)43-20-8-4-9-21-43/h2-29,31-40H,30H2,1H3,(H2,58,59)/b17-2-,23-16+,42-22+,54-38-. The second kappa shape index (κ2) is 17.4. The zero-order valence-corrected chi connectivity index (χ0v) is 33.6. The number of para-hydroxylation sites is 2. The quantitative estimate of drug-likeness (QED) is 0.0794. The molecule has 1 aromatic heterocycles. The molecular weight excluding hydrogens is 727 g/mol. The van der Waals surface area contributed by atoms with Crippen molar-refractivity contribution in [1.29, 1.82) is 0 Å². The third kappa shape index (κ3) is 7.90. The van der Waals surface area contributed by atoms with Crippen molar-refractivity contribution in [2.24, 2.45) is 10.7 Å². The highest BCUT2D eigenvalue weighted by atomic mass is 15.0. The number of nitrogens with two attached hydrogens (primary N) is 1. The lowest BCUT2D eigenvalue weighted by Gasteiger charge is -2.12. The van der Waals surface area contributed by atoms with E-state index in [2.05, 4.69) is 230 Å². The summed E-state index contributed by atoms with van der Waals surface area (Å²) in [4.78, 5) is 5.13. The van der Waals surface area contributed by atoms with Crippen LogP contribution in [0.15, 0.2) is 229 Å². The van der Waals surface area contributed by atoms with Crippen molar-refractivity contribution >= 4 is 55.8 Å². The van der Waals surface area contributed by atoms with Crippen molar-refractivity contribution in [3.63, 3.8) is 0 Å². The molecule has 0 aliphatic heterocycles. The first kappa shape index (κ1) is 37.8. The molecule has 0 aliphatic carbocycles. The molecule has 8 aromatic carbocycles. The summed E-state index contributed by atoms with van der Waals surface area (Å²) < 4.78 is 2.35. The zero-order chi connectivity index (χ0) is 40.7. The second-order valence-electron chi connectivity index (χ2n) is 14.9. The normalized spacial score (nSPS) is 12.7. The molecule has 3 heteroatoms. The highest BCUT2D eigenvalue weighted by molar-refractivity contribution is 6.10. The van der Waals surface area contributed by atoms with E-state index < -0.39 is 0 Å². The number of amidine groups is 1. The van der Waals surface area contributed by atoms with E-state index in [-0.39, 0.29) is 0 Å². The van der Waals surface area contributed by atoms with Crippen LogP contribution in [0, 0.1) is 0 Å². The maximum absolute atomic E-state index is 6.80. The number of allylic oxidation sites excluding steroid dienone is 6. The summed E-state index contributed by atoms with van der Waals surface area (Å²) in [5.74, 6) is 0.478. The summed E-state index contributed by atoms with van der Waals surface area (Å²) in [5.41, 5.74) is 20.1. The van der Waals surface area contributed by atoms with Crippen LogP contribution in [0.3, 0.4) is 0 Å². The Bertz CT molecular complexity index is 3090. The molecule has 0 atom stereocenters. The van der Waals surface area contributed by atoms with E-state index >= 15 is 0 Å². The Kier molecular flexibility index (Phi) is 11.0. The van der Waals surface area contributed by atoms with Gasteiger partial charge in [-0.3, -0.25) is 0 Å². The molecule has 0 amide bonds. The average Bonchev–Trinajstić information content (AvgIpc) is 3.65. The van der Waals surface area contributed by atoms with Gasteiger partial charge in [0.2, 0.25) is 0 Å². The van der Waals surface area contributed by atoms with Gasteiger partial charge in [-0.05, 0) is 87.8 Å². The van der Waals surface area contributed by atoms with Crippen molar-refractivity contribution in [2.75, 3.05) is 0 Å². The maximum atomic E-state index is 6.80. The highest BCUT2D eigenvalue weighted by Gasteiger charge is 2.14. The number of benzene rings is 8. The Labute approximate surface area is 352 Å². The van der Waals surface area contributed by atoms with Gasteiger partial charge in [0.15, 0.2) is 0 Å². The van der Waals surface area contributed by atoms with Crippen LogP contribution in [0.1, 0.15) is 34.7 Å². The van der Waals surface area contributed by atoms with Crippen LogP contribution in [0.25, 0.3) is 66.7 Å². The monoisotopic (exact) mass is 771 g/mol. The summed E-state index contributed by atoms with van der Waals surface area (Å²) in [5, 5.41) is 4.74. The Morgan fingerprint density at radius 1 is 0.567 bits per heavy atom. The van der Waals surface area contributed by atoms with Gasteiger partial charge in [0.25, 0.3) is 0 Å². The van der Waals surface area contributed by atoms with E-state index in [1.807, 2.05) is 12.1 Å². The minimum absolute atomic E-state index is 0.478. The zero-order valence-electron chi connectivity index (χ0n) is 33.6. The summed E-state index contributed by atoms with van der Waals surface area (Å²) in [6, 6.07) is 68.2. The van der Waals surface area contributed by atoms with Crippen LogP contribution in [0.5, 0.6) is 0 Å². The molecule has 0 unspecified atom stereocenters. The predicted octanol–water partition coefficient (Wildman–Crippen LogP) is 14.3. The molecule has 1 heterocycles. The number of hydrogen-bond acceptors (Lipinski definition) is 1. The lowest BCUT2D eigenvalue weighted by atomic mass is 9.96.